The number of hydrogen-bond donors (Lipinski definition) is 0. The molecule has 1 aromatic carbocycles. The van der Waals surface area contributed by atoms with Gasteiger partial charge in [-0.15, -0.1) is 11.8 Å². The quantitative estimate of drug-likeness (QED) is 0.469. The monoisotopic (exact) mass is 352 g/mol. The highest BCUT2D eigenvalue weighted by Gasteiger charge is 2.39. The van der Waals surface area contributed by atoms with Crippen molar-refractivity contribution in [3.63, 3.8) is 0 Å². The van der Waals surface area contributed by atoms with Gasteiger partial charge in [-0.05, 0) is 36.8 Å². The zero-order chi connectivity index (χ0) is 16.8. The Morgan fingerprint density at radius 3 is 2.39 bits per heavy atom. The molecule has 5 nitrogen and oxygen atoms in total. The fraction of sp³-hybridized carbons (Fsp3) is 0.438. The van der Waals surface area contributed by atoms with E-state index in [0.717, 1.165) is 0 Å². The van der Waals surface area contributed by atoms with E-state index in [9.17, 15) is 22.8 Å². The number of thioether (sulfide) groups is 1. The van der Waals surface area contributed by atoms with Crippen LogP contribution >= 0.6 is 11.8 Å². The summed E-state index contributed by atoms with van der Waals surface area (Å²) in [6, 6.07) is 2.88. The molecule has 0 bridgehead atoms. The number of fused-ring (bicyclic) bond motifs is 1. The molecule has 2 aliphatic rings. The minimum atomic E-state index is -3.29. The van der Waals surface area contributed by atoms with Crippen LogP contribution in [0.3, 0.4) is 0 Å². The molecule has 122 valence electrons. The Morgan fingerprint density at radius 1 is 1.13 bits per heavy atom. The summed E-state index contributed by atoms with van der Waals surface area (Å²) >= 11 is 1.29. The summed E-state index contributed by atoms with van der Waals surface area (Å²) in [5.74, 6) is -2.32. The topological polar surface area (TPSA) is 85.3 Å². The molecule has 0 aromatic heterocycles. The molecule has 0 saturated heterocycles. The van der Waals surface area contributed by atoms with Crippen LogP contribution in [0, 0.1) is 5.92 Å². The molecule has 0 spiro atoms. The summed E-state index contributed by atoms with van der Waals surface area (Å²) in [4.78, 5) is 37.6. The Bertz CT molecular complexity index is 807. The number of hydrogen-bond acceptors (Lipinski definition) is 6. The van der Waals surface area contributed by atoms with E-state index in [1.165, 1.54) is 23.9 Å². The molecule has 23 heavy (non-hydrogen) atoms. The first-order valence-corrected chi connectivity index (χ1v) is 10.3. The molecule has 1 aliphatic heterocycles. The Hall–Kier alpha value is -1.47. The highest BCUT2D eigenvalue weighted by atomic mass is 32.2. The lowest BCUT2D eigenvalue weighted by molar-refractivity contribution is -0.133. The molecule has 0 amide bonds. The summed E-state index contributed by atoms with van der Waals surface area (Å²) < 4.78 is 24.0. The SMILES string of the molecule is CSc1c(C(=O)C2C(=O)CCCC2=O)ccc2c1CCS2(=O)=O. The second kappa shape index (κ2) is 5.87. The van der Waals surface area contributed by atoms with Crippen molar-refractivity contribution in [2.45, 2.75) is 35.5 Å². The van der Waals surface area contributed by atoms with Gasteiger partial charge in [-0.2, -0.15) is 0 Å². The normalized spacial score (nSPS) is 20.6. The molecule has 0 radical (unpaired) electrons. The molecular weight excluding hydrogens is 336 g/mol. The van der Waals surface area contributed by atoms with Crippen molar-refractivity contribution in [1.29, 1.82) is 0 Å². The van der Waals surface area contributed by atoms with Crippen molar-refractivity contribution in [2.24, 2.45) is 5.92 Å². The predicted molar refractivity (Wildman–Crippen MR) is 85.7 cm³/mol. The average molecular weight is 352 g/mol. The minimum Gasteiger partial charge on any atom is -0.298 e. The molecule has 7 heteroatoms. The molecular formula is C16H16O5S2. The van der Waals surface area contributed by atoms with E-state index in [0.29, 0.717) is 28.9 Å². The first-order chi connectivity index (χ1) is 10.9. The standard InChI is InChI=1S/C16H16O5S2/c1-22-16-9-7-8-23(20,21)13(9)6-5-10(16)15(19)14-11(17)3-2-4-12(14)18/h5-6,14H,2-4,7-8H2,1H3. The first kappa shape index (κ1) is 16.4. The van der Waals surface area contributed by atoms with Gasteiger partial charge in [0.15, 0.2) is 27.2 Å². The lowest BCUT2D eigenvalue weighted by Gasteiger charge is -2.20. The van der Waals surface area contributed by atoms with Crippen molar-refractivity contribution >= 4 is 38.9 Å². The van der Waals surface area contributed by atoms with Gasteiger partial charge in [0, 0.05) is 23.3 Å². The molecule has 0 unspecified atom stereocenters. The van der Waals surface area contributed by atoms with E-state index in [-0.39, 0.29) is 35.1 Å². The molecule has 1 aromatic rings. The second-order valence-electron chi connectivity index (χ2n) is 5.78. The van der Waals surface area contributed by atoms with Gasteiger partial charge >= 0.3 is 0 Å². The van der Waals surface area contributed by atoms with E-state index in [1.54, 1.807) is 6.26 Å². The third-order valence-corrected chi connectivity index (χ3v) is 7.06. The zero-order valence-electron chi connectivity index (χ0n) is 12.6. The van der Waals surface area contributed by atoms with Gasteiger partial charge < -0.3 is 0 Å². The van der Waals surface area contributed by atoms with Crippen LogP contribution in [-0.4, -0.2) is 37.8 Å². The molecule has 3 rings (SSSR count). The maximum atomic E-state index is 12.8. The highest BCUT2D eigenvalue weighted by Crippen LogP contribution is 2.37. The van der Waals surface area contributed by atoms with Gasteiger partial charge in [0.25, 0.3) is 0 Å². The van der Waals surface area contributed by atoms with Gasteiger partial charge in [0.1, 0.15) is 5.92 Å². The average Bonchev–Trinajstić information content (AvgIpc) is 2.81. The van der Waals surface area contributed by atoms with Crippen LogP contribution in [0.2, 0.25) is 0 Å². The van der Waals surface area contributed by atoms with Gasteiger partial charge in [-0.3, -0.25) is 14.4 Å². The number of sulfone groups is 1. The first-order valence-electron chi connectivity index (χ1n) is 7.39. The fourth-order valence-corrected chi connectivity index (χ4v) is 5.72. The molecule has 1 heterocycles. The molecule has 1 saturated carbocycles. The molecule has 1 fully saturated rings. The number of carbonyl (C=O) groups is 3. The number of carbonyl (C=O) groups excluding carboxylic acids is 3. The third-order valence-electron chi connectivity index (χ3n) is 4.40. The van der Waals surface area contributed by atoms with Crippen LogP contribution in [0.4, 0.5) is 0 Å². The van der Waals surface area contributed by atoms with Crippen molar-refractivity contribution in [2.75, 3.05) is 12.0 Å². The van der Waals surface area contributed by atoms with Crippen molar-refractivity contribution in [1.82, 2.24) is 0 Å². The largest absolute Gasteiger partial charge is 0.298 e. The van der Waals surface area contributed by atoms with Crippen LogP contribution in [0.5, 0.6) is 0 Å². The minimum absolute atomic E-state index is 0.0365. The van der Waals surface area contributed by atoms with E-state index < -0.39 is 21.5 Å². The van der Waals surface area contributed by atoms with E-state index >= 15 is 0 Å². The third kappa shape index (κ3) is 2.65. The summed E-state index contributed by atoms with van der Waals surface area (Å²) in [7, 11) is -3.29. The summed E-state index contributed by atoms with van der Waals surface area (Å²) in [6.07, 6.45) is 3.12. The molecule has 1 aliphatic carbocycles. The van der Waals surface area contributed by atoms with Crippen LogP contribution in [-0.2, 0) is 25.8 Å². The Morgan fingerprint density at radius 2 is 1.78 bits per heavy atom. The Balaban J connectivity index is 2.09. The fourth-order valence-electron chi connectivity index (χ4n) is 3.26. The van der Waals surface area contributed by atoms with Crippen molar-refractivity contribution in [3.8, 4) is 0 Å². The lowest BCUT2D eigenvalue weighted by atomic mass is 9.81. The number of Topliss-reactive ketones (excluding diaryl/α,β-unsaturated/α-hetero) is 3. The predicted octanol–water partition coefficient (Wildman–Crippen LogP) is 1.86. The molecule has 0 N–H and O–H groups in total. The second-order valence-corrected chi connectivity index (χ2v) is 8.67. The van der Waals surface area contributed by atoms with Crippen LogP contribution < -0.4 is 0 Å². The van der Waals surface area contributed by atoms with Gasteiger partial charge in [-0.1, -0.05) is 0 Å². The van der Waals surface area contributed by atoms with Crippen molar-refractivity contribution < 1.29 is 22.8 Å². The number of benzene rings is 1. The van der Waals surface area contributed by atoms with E-state index in [2.05, 4.69) is 0 Å². The Labute approximate surface area is 138 Å². The van der Waals surface area contributed by atoms with E-state index in [1.807, 2.05) is 0 Å². The van der Waals surface area contributed by atoms with Crippen LogP contribution in [0.15, 0.2) is 21.9 Å². The number of ketones is 3. The lowest BCUT2D eigenvalue weighted by Crippen LogP contribution is -2.35. The maximum absolute atomic E-state index is 12.8. The number of rotatable bonds is 3. The van der Waals surface area contributed by atoms with Crippen molar-refractivity contribution in [3.05, 3.63) is 23.3 Å². The zero-order valence-corrected chi connectivity index (χ0v) is 14.3. The van der Waals surface area contributed by atoms with Crippen LogP contribution in [0.1, 0.15) is 35.2 Å². The van der Waals surface area contributed by atoms with Gasteiger partial charge in [-0.25, -0.2) is 8.42 Å². The Kier molecular flexibility index (Phi) is 4.18. The summed E-state index contributed by atoms with van der Waals surface area (Å²) in [5.41, 5.74) is 0.931. The maximum Gasteiger partial charge on any atom is 0.181 e. The van der Waals surface area contributed by atoms with E-state index in [4.69, 9.17) is 0 Å². The highest BCUT2D eigenvalue weighted by molar-refractivity contribution is 7.98. The van der Waals surface area contributed by atoms with Gasteiger partial charge in [0.05, 0.1) is 10.6 Å². The van der Waals surface area contributed by atoms with Gasteiger partial charge in [0.2, 0.25) is 0 Å². The van der Waals surface area contributed by atoms with Crippen LogP contribution in [0.25, 0.3) is 0 Å². The smallest absolute Gasteiger partial charge is 0.181 e. The molecule has 0 atom stereocenters. The summed E-state index contributed by atoms with van der Waals surface area (Å²) in [6.45, 7) is 0. The summed E-state index contributed by atoms with van der Waals surface area (Å²) in [5, 5.41) is 0.